The van der Waals surface area contributed by atoms with Gasteiger partial charge in [0.25, 0.3) is 0 Å². The molecule has 0 atom stereocenters. The summed E-state index contributed by atoms with van der Waals surface area (Å²) >= 11 is 0. The minimum Gasteiger partial charge on any atom is -0.166 e. The molecular formula is C34H44F6. The van der Waals surface area contributed by atoms with Crippen molar-refractivity contribution in [2.45, 2.75) is 122 Å². The number of benzene rings is 2. The maximum Gasteiger partial charge on any atom is 0.417 e. The fourth-order valence-corrected chi connectivity index (χ4v) is 7.49. The molecule has 40 heavy (non-hydrogen) atoms. The first-order valence-corrected chi connectivity index (χ1v) is 15.4. The van der Waals surface area contributed by atoms with Crippen molar-refractivity contribution in [1.82, 2.24) is 0 Å². The second kappa shape index (κ2) is 13.3. The van der Waals surface area contributed by atoms with Crippen LogP contribution in [-0.2, 0) is 18.8 Å². The van der Waals surface area contributed by atoms with Crippen LogP contribution in [-0.4, -0.2) is 0 Å². The lowest BCUT2D eigenvalue weighted by Crippen LogP contribution is -2.27. The molecular weight excluding hydrogens is 522 g/mol. The first-order chi connectivity index (χ1) is 19.0. The van der Waals surface area contributed by atoms with Gasteiger partial charge < -0.3 is 0 Å². The number of unbranched alkanes of at least 4 members (excludes halogenated alkanes) is 2. The Hall–Kier alpha value is -1.98. The van der Waals surface area contributed by atoms with Gasteiger partial charge >= 0.3 is 12.4 Å². The first kappa shape index (κ1) is 31.0. The second-order valence-electron chi connectivity index (χ2n) is 12.3. The number of alkyl halides is 6. The Labute approximate surface area is 235 Å². The van der Waals surface area contributed by atoms with E-state index in [2.05, 4.69) is 13.8 Å². The van der Waals surface area contributed by atoms with Crippen LogP contribution in [0.1, 0.15) is 125 Å². The van der Waals surface area contributed by atoms with Gasteiger partial charge in [0.15, 0.2) is 0 Å². The van der Waals surface area contributed by atoms with Gasteiger partial charge in [-0.3, -0.25) is 0 Å². The molecule has 2 aromatic carbocycles. The van der Waals surface area contributed by atoms with E-state index in [0.29, 0.717) is 24.7 Å². The van der Waals surface area contributed by atoms with Crippen LogP contribution in [0.2, 0.25) is 0 Å². The average molecular weight is 567 g/mol. The Morgan fingerprint density at radius 3 is 1.73 bits per heavy atom. The Morgan fingerprint density at radius 2 is 1.20 bits per heavy atom. The summed E-state index contributed by atoms with van der Waals surface area (Å²) in [5.74, 6) is 1.38. The van der Waals surface area contributed by atoms with Crippen LogP contribution < -0.4 is 0 Å². The van der Waals surface area contributed by atoms with Crippen LogP contribution in [0.4, 0.5) is 26.3 Å². The van der Waals surface area contributed by atoms with Gasteiger partial charge in [-0.1, -0.05) is 88.8 Å². The van der Waals surface area contributed by atoms with Gasteiger partial charge in [-0.2, -0.15) is 26.3 Å². The van der Waals surface area contributed by atoms with Crippen molar-refractivity contribution in [3.63, 3.8) is 0 Å². The zero-order valence-corrected chi connectivity index (χ0v) is 23.9. The Kier molecular flexibility index (Phi) is 10.3. The lowest BCUT2D eigenvalue weighted by Gasteiger charge is -2.38. The van der Waals surface area contributed by atoms with Gasteiger partial charge in [-0.25, -0.2) is 0 Å². The summed E-state index contributed by atoms with van der Waals surface area (Å²) in [5, 5.41) is 0. The third-order valence-corrected chi connectivity index (χ3v) is 9.61. The lowest BCUT2D eigenvalue weighted by molar-refractivity contribution is -0.162. The third-order valence-electron chi connectivity index (χ3n) is 9.61. The van der Waals surface area contributed by atoms with Gasteiger partial charge in [-0.15, -0.1) is 0 Å². The predicted molar refractivity (Wildman–Crippen MR) is 150 cm³/mol. The fourth-order valence-electron chi connectivity index (χ4n) is 7.49. The number of halogens is 6. The molecule has 0 heterocycles. The Morgan fingerprint density at radius 1 is 0.625 bits per heavy atom. The highest BCUT2D eigenvalue weighted by atomic mass is 19.4. The minimum atomic E-state index is -5.12. The van der Waals surface area contributed by atoms with Gasteiger partial charge in [0.05, 0.1) is 11.1 Å². The molecule has 2 saturated carbocycles. The molecule has 0 radical (unpaired) electrons. The van der Waals surface area contributed by atoms with Crippen LogP contribution in [0.5, 0.6) is 0 Å². The summed E-state index contributed by atoms with van der Waals surface area (Å²) in [6.07, 6.45) is 3.59. The standard InChI is InChI=1S/C34H44F6/c1-3-5-6-8-24-11-15-27(16-12-24)29-21-22-30(32(34(38,39)40)31(29)33(35,36)37)28-19-17-26(18-20-28)25-13-9-23(7-4-2)10-14-25/h11-12,15-16,21-23,25-26,28H,3-10,13-14,17-20H2,1-2H3. The predicted octanol–water partition coefficient (Wildman–Crippen LogP) is 12.0. The molecule has 2 aromatic rings. The molecule has 2 aliphatic rings. The van der Waals surface area contributed by atoms with Crippen LogP contribution in [0.15, 0.2) is 36.4 Å². The van der Waals surface area contributed by atoms with Gasteiger partial charge in [0.1, 0.15) is 0 Å². The topological polar surface area (TPSA) is 0 Å². The smallest absolute Gasteiger partial charge is 0.166 e. The summed E-state index contributed by atoms with van der Waals surface area (Å²) in [5.41, 5.74) is -2.42. The quantitative estimate of drug-likeness (QED) is 0.209. The Bertz CT molecular complexity index is 1070. The van der Waals surface area contributed by atoms with E-state index in [0.717, 1.165) is 50.0 Å². The molecule has 0 aromatic heterocycles. The van der Waals surface area contributed by atoms with Crippen molar-refractivity contribution in [1.29, 1.82) is 0 Å². The highest BCUT2D eigenvalue weighted by Gasteiger charge is 2.48. The molecule has 222 valence electrons. The molecule has 0 amide bonds. The van der Waals surface area contributed by atoms with E-state index < -0.39 is 29.4 Å². The van der Waals surface area contributed by atoms with Crippen molar-refractivity contribution >= 4 is 0 Å². The lowest BCUT2D eigenvalue weighted by atomic mass is 9.67. The van der Waals surface area contributed by atoms with E-state index in [9.17, 15) is 26.3 Å². The molecule has 4 rings (SSSR count). The van der Waals surface area contributed by atoms with Gasteiger partial charge in [-0.05, 0) is 97.3 Å². The molecule has 0 saturated heterocycles. The molecule has 0 bridgehead atoms. The summed E-state index contributed by atoms with van der Waals surface area (Å²) in [7, 11) is 0. The van der Waals surface area contributed by atoms with Crippen molar-refractivity contribution in [3.8, 4) is 11.1 Å². The van der Waals surface area contributed by atoms with E-state index in [1.807, 2.05) is 0 Å². The van der Waals surface area contributed by atoms with Crippen LogP contribution in [0.3, 0.4) is 0 Å². The number of hydrogen-bond donors (Lipinski definition) is 0. The highest BCUT2D eigenvalue weighted by Crippen LogP contribution is 2.51. The molecule has 0 aliphatic heterocycles. The number of aryl methyl sites for hydroxylation is 1. The van der Waals surface area contributed by atoms with Crippen LogP contribution >= 0.6 is 0 Å². The molecule has 0 nitrogen and oxygen atoms in total. The maximum absolute atomic E-state index is 14.5. The molecule has 2 fully saturated rings. The monoisotopic (exact) mass is 566 g/mol. The van der Waals surface area contributed by atoms with E-state index in [4.69, 9.17) is 0 Å². The van der Waals surface area contributed by atoms with E-state index in [1.54, 1.807) is 12.1 Å². The first-order valence-electron chi connectivity index (χ1n) is 15.4. The second-order valence-corrected chi connectivity index (χ2v) is 12.3. The zero-order chi connectivity index (χ0) is 28.9. The summed E-state index contributed by atoms with van der Waals surface area (Å²) < 4.78 is 86.8. The summed E-state index contributed by atoms with van der Waals surface area (Å²) in [4.78, 5) is 0. The third kappa shape index (κ3) is 7.45. The summed E-state index contributed by atoms with van der Waals surface area (Å²) in [6.45, 7) is 4.30. The Balaban J connectivity index is 1.58. The average Bonchev–Trinajstić information content (AvgIpc) is 2.93. The SMILES string of the molecule is CCCCCc1ccc(-c2ccc(C3CCC(C4CCC(CCC)CC4)CC3)c(C(F)(F)F)c2C(F)(F)F)cc1. The molecule has 6 heteroatoms. The summed E-state index contributed by atoms with van der Waals surface area (Å²) in [6, 6.07) is 9.16. The van der Waals surface area contributed by atoms with Crippen molar-refractivity contribution < 1.29 is 26.3 Å². The van der Waals surface area contributed by atoms with Crippen molar-refractivity contribution in [3.05, 3.63) is 58.7 Å². The highest BCUT2D eigenvalue weighted by molar-refractivity contribution is 5.71. The van der Waals surface area contributed by atoms with Crippen molar-refractivity contribution in [2.75, 3.05) is 0 Å². The molecule has 0 N–H and O–H groups in total. The van der Waals surface area contributed by atoms with E-state index in [1.165, 1.54) is 62.8 Å². The van der Waals surface area contributed by atoms with E-state index in [-0.39, 0.29) is 16.7 Å². The minimum absolute atomic E-state index is 0.172. The molecule has 0 unspecified atom stereocenters. The molecule has 0 spiro atoms. The normalized spacial score (nSPS) is 24.3. The number of rotatable bonds is 9. The molecule has 2 aliphatic carbocycles. The van der Waals surface area contributed by atoms with E-state index >= 15 is 0 Å². The number of hydrogen-bond acceptors (Lipinski definition) is 0. The van der Waals surface area contributed by atoms with Gasteiger partial charge in [0.2, 0.25) is 0 Å². The van der Waals surface area contributed by atoms with Crippen LogP contribution in [0, 0.1) is 17.8 Å². The van der Waals surface area contributed by atoms with Crippen molar-refractivity contribution in [2.24, 2.45) is 17.8 Å². The van der Waals surface area contributed by atoms with Gasteiger partial charge in [0, 0.05) is 0 Å². The maximum atomic E-state index is 14.5. The fraction of sp³-hybridized carbons (Fsp3) is 0.647. The largest absolute Gasteiger partial charge is 0.417 e. The van der Waals surface area contributed by atoms with Crippen LogP contribution in [0.25, 0.3) is 11.1 Å². The zero-order valence-electron chi connectivity index (χ0n) is 23.9.